The summed E-state index contributed by atoms with van der Waals surface area (Å²) in [4.78, 5) is 35.3. The van der Waals surface area contributed by atoms with Crippen LogP contribution in [0.1, 0.15) is 57.8 Å². The molecule has 42 heavy (non-hydrogen) atoms. The molecular weight excluding hydrogens is 564 g/mol. The van der Waals surface area contributed by atoms with Gasteiger partial charge in [-0.25, -0.2) is 9.59 Å². The molecule has 13 heteroatoms. The van der Waals surface area contributed by atoms with Gasteiger partial charge in [0.25, 0.3) is 0 Å². The monoisotopic (exact) mass is 614 g/mol. The standard InChI is InChI=1S/C29H50N4O8S/c34-26(11-7-6-10-25-27-24(22-42-25)32-28(35)33-27)30-12-14-37-16-18-39-20-21-40-19-17-38-15-13-31-29(36)41-23-8-4-2-1-3-5-9-23/h1-2,23-25,27H,3-22H2,(H,30,34)(H,31,36)(H2,32,33,35)/b2-1+/t23?,24-,25-,27-/m0/s1. The molecule has 0 aromatic heterocycles. The molecule has 12 nitrogen and oxygen atoms in total. The topological polar surface area (TPSA) is 145 Å². The summed E-state index contributed by atoms with van der Waals surface area (Å²) in [6.07, 6.45) is 12.1. The van der Waals surface area contributed by atoms with Crippen LogP contribution >= 0.6 is 11.8 Å². The first-order chi connectivity index (χ1) is 20.6. The Kier molecular flexibility index (Phi) is 17.7. The third kappa shape index (κ3) is 14.9. The number of unbranched alkanes of at least 4 members (excludes halogenated alkanes) is 1. The fraction of sp³-hybridized carbons (Fsp3) is 0.828. The van der Waals surface area contributed by atoms with Gasteiger partial charge >= 0.3 is 12.1 Å². The zero-order valence-electron chi connectivity index (χ0n) is 24.8. The van der Waals surface area contributed by atoms with Crippen LogP contribution in [0.5, 0.6) is 0 Å². The number of alkyl carbamates (subject to hydrolysis) is 1. The van der Waals surface area contributed by atoms with Crippen LogP contribution < -0.4 is 21.3 Å². The Bertz CT molecular complexity index is 821. The van der Waals surface area contributed by atoms with E-state index < -0.39 is 0 Å². The molecule has 0 spiro atoms. The summed E-state index contributed by atoms with van der Waals surface area (Å²) in [6.45, 7) is 4.48. The van der Waals surface area contributed by atoms with Crippen molar-refractivity contribution in [3.8, 4) is 0 Å². The van der Waals surface area contributed by atoms with Crippen LogP contribution in [-0.4, -0.2) is 113 Å². The maximum atomic E-state index is 12.0. The zero-order chi connectivity index (χ0) is 29.7. The molecule has 2 heterocycles. The maximum Gasteiger partial charge on any atom is 0.407 e. The molecule has 0 saturated carbocycles. The average Bonchev–Trinajstić information content (AvgIpc) is 3.51. The van der Waals surface area contributed by atoms with Gasteiger partial charge in [0.05, 0.1) is 64.9 Å². The van der Waals surface area contributed by atoms with Crippen LogP contribution in [-0.2, 0) is 28.5 Å². The van der Waals surface area contributed by atoms with E-state index in [2.05, 4.69) is 33.4 Å². The number of thioether (sulfide) groups is 1. The molecule has 0 aromatic rings. The number of allylic oxidation sites excluding steroid dienone is 2. The number of carbonyl (C=O) groups is 3. The van der Waals surface area contributed by atoms with Crippen LogP contribution in [0.4, 0.5) is 9.59 Å². The summed E-state index contributed by atoms with van der Waals surface area (Å²) >= 11 is 1.90. The number of hydrogen-bond acceptors (Lipinski definition) is 9. The number of amides is 4. The molecule has 240 valence electrons. The number of hydrogen-bond donors (Lipinski definition) is 4. The molecule has 4 N–H and O–H groups in total. The van der Waals surface area contributed by atoms with Crippen molar-refractivity contribution in [2.75, 3.05) is 71.7 Å². The minimum Gasteiger partial charge on any atom is -0.446 e. The predicted octanol–water partition coefficient (Wildman–Crippen LogP) is 2.51. The molecule has 2 fully saturated rings. The second-order valence-corrected chi connectivity index (χ2v) is 11.9. The first-order valence-corrected chi connectivity index (χ1v) is 16.5. The maximum absolute atomic E-state index is 12.0. The third-order valence-electron chi connectivity index (χ3n) is 7.27. The second kappa shape index (κ2) is 21.6. The number of fused-ring (bicyclic) bond motifs is 1. The molecule has 3 aliphatic rings. The molecule has 0 bridgehead atoms. The van der Waals surface area contributed by atoms with Gasteiger partial charge in [0.2, 0.25) is 5.91 Å². The number of rotatable bonds is 21. The van der Waals surface area contributed by atoms with Gasteiger partial charge in [-0.1, -0.05) is 18.6 Å². The van der Waals surface area contributed by atoms with Gasteiger partial charge in [-0.2, -0.15) is 11.8 Å². The number of nitrogens with one attached hydrogen (secondary N) is 4. The van der Waals surface area contributed by atoms with Gasteiger partial charge in [0.15, 0.2) is 0 Å². The van der Waals surface area contributed by atoms with E-state index in [1.165, 1.54) is 0 Å². The smallest absolute Gasteiger partial charge is 0.407 e. The Morgan fingerprint density at radius 2 is 1.50 bits per heavy atom. The van der Waals surface area contributed by atoms with E-state index in [0.29, 0.717) is 77.6 Å². The first-order valence-electron chi connectivity index (χ1n) is 15.5. The number of urea groups is 1. The Morgan fingerprint density at radius 1 is 0.833 bits per heavy atom. The summed E-state index contributed by atoms with van der Waals surface area (Å²) in [5, 5.41) is 12.0. The van der Waals surface area contributed by atoms with Crippen LogP contribution in [0.2, 0.25) is 0 Å². The minimum absolute atomic E-state index is 0.00938. The molecule has 1 unspecified atom stereocenters. The first kappa shape index (κ1) is 34.4. The molecular formula is C29H50N4O8S. The van der Waals surface area contributed by atoms with E-state index >= 15 is 0 Å². The molecule has 4 atom stereocenters. The van der Waals surface area contributed by atoms with Gasteiger partial charge < -0.3 is 45.0 Å². The third-order valence-corrected chi connectivity index (χ3v) is 8.78. The Balaban J connectivity index is 0.989. The normalized spacial score (nSPS) is 24.1. The van der Waals surface area contributed by atoms with Gasteiger partial charge in [0, 0.05) is 30.5 Å². The van der Waals surface area contributed by atoms with Crippen LogP contribution in [0.3, 0.4) is 0 Å². The van der Waals surface area contributed by atoms with Gasteiger partial charge in [-0.3, -0.25) is 4.79 Å². The van der Waals surface area contributed by atoms with E-state index in [0.717, 1.165) is 57.1 Å². The van der Waals surface area contributed by atoms with E-state index in [1.54, 1.807) is 0 Å². The van der Waals surface area contributed by atoms with Crippen molar-refractivity contribution in [3.63, 3.8) is 0 Å². The summed E-state index contributed by atoms with van der Waals surface area (Å²) in [5.74, 6) is 1.00. The zero-order valence-corrected chi connectivity index (χ0v) is 25.6. The second-order valence-electron chi connectivity index (χ2n) is 10.6. The highest BCUT2D eigenvalue weighted by Gasteiger charge is 2.42. The summed E-state index contributed by atoms with van der Waals surface area (Å²) < 4.78 is 27.4. The Morgan fingerprint density at radius 3 is 2.24 bits per heavy atom. The summed E-state index contributed by atoms with van der Waals surface area (Å²) in [5.41, 5.74) is 0. The van der Waals surface area contributed by atoms with Crippen LogP contribution in [0.15, 0.2) is 12.2 Å². The molecule has 0 radical (unpaired) electrons. The minimum atomic E-state index is -0.380. The number of ether oxygens (including phenoxy) is 5. The predicted molar refractivity (Wildman–Crippen MR) is 161 cm³/mol. The van der Waals surface area contributed by atoms with Crippen molar-refractivity contribution in [1.29, 1.82) is 0 Å². The van der Waals surface area contributed by atoms with Gasteiger partial charge in [-0.05, 0) is 44.9 Å². The van der Waals surface area contributed by atoms with Crippen LogP contribution in [0, 0.1) is 0 Å². The highest BCUT2D eigenvalue weighted by atomic mass is 32.2. The molecule has 2 aliphatic heterocycles. The highest BCUT2D eigenvalue weighted by molar-refractivity contribution is 8.00. The lowest BCUT2D eigenvalue weighted by molar-refractivity contribution is -0.121. The molecule has 4 amide bonds. The number of carbonyl (C=O) groups excluding carboxylic acids is 3. The van der Waals surface area contributed by atoms with Crippen molar-refractivity contribution in [2.45, 2.75) is 81.2 Å². The van der Waals surface area contributed by atoms with Crippen molar-refractivity contribution < 1.29 is 38.1 Å². The molecule has 2 saturated heterocycles. The Labute approximate surface area is 254 Å². The fourth-order valence-corrected chi connectivity index (χ4v) is 6.59. The highest BCUT2D eigenvalue weighted by Crippen LogP contribution is 2.33. The summed E-state index contributed by atoms with van der Waals surface area (Å²) in [7, 11) is 0. The van der Waals surface area contributed by atoms with E-state index in [-0.39, 0.29) is 36.2 Å². The lowest BCUT2D eigenvalue weighted by Crippen LogP contribution is -2.36. The average molecular weight is 615 g/mol. The molecule has 0 aromatic carbocycles. The fourth-order valence-electron chi connectivity index (χ4n) is 5.05. The van der Waals surface area contributed by atoms with Crippen LogP contribution in [0.25, 0.3) is 0 Å². The van der Waals surface area contributed by atoms with Gasteiger partial charge in [-0.15, -0.1) is 0 Å². The van der Waals surface area contributed by atoms with Crippen molar-refractivity contribution in [1.82, 2.24) is 21.3 Å². The SMILES string of the molecule is O=C(CCCC[C@@H]1SC[C@@H]2NC(=O)N[C@@H]21)NCCOCCOCCOCCOCCNC(=O)OC1CC/C=C/CCC1. The molecule has 1 aliphatic carbocycles. The van der Waals surface area contributed by atoms with Crippen molar-refractivity contribution in [3.05, 3.63) is 12.2 Å². The van der Waals surface area contributed by atoms with E-state index in [4.69, 9.17) is 23.7 Å². The largest absolute Gasteiger partial charge is 0.446 e. The lowest BCUT2D eigenvalue weighted by Gasteiger charge is -2.18. The quantitative estimate of drug-likeness (QED) is 0.0871. The Hall–Kier alpha value is -2.06. The van der Waals surface area contributed by atoms with Gasteiger partial charge in [0.1, 0.15) is 6.10 Å². The van der Waals surface area contributed by atoms with Crippen molar-refractivity contribution in [2.24, 2.45) is 0 Å². The van der Waals surface area contributed by atoms with Crippen molar-refractivity contribution >= 4 is 29.8 Å². The summed E-state index contributed by atoms with van der Waals surface area (Å²) in [6, 6.07) is 0.413. The lowest BCUT2D eigenvalue weighted by atomic mass is 10.0. The van der Waals surface area contributed by atoms with E-state index in [9.17, 15) is 14.4 Å². The van der Waals surface area contributed by atoms with E-state index in [1.807, 2.05) is 11.8 Å². The molecule has 3 rings (SSSR count).